The van der Waals surface area contributed by atoms with Crippen molar-refractivity contribution < 1.29 is 9.53 Å². The number of fused-ring (bicyclic) bond motifs is 5. The van der Waals surface area contributed by atoms with Gasteiger partial charge >= 0.3 is 6.09 Å². The van der Waals surface area contributed by atoms with Crippen molar-refractivity contribution in [1.82, 2.24) is 4.57 Å². The largest absolute Gasteiger partial charge is 0.443 e. The Morgan fingerprint density at radius 1 is 0.805 bits per heavy atom. The summed E-state index contributed by atoms with van der Waals surface area (Å²) in [5.41, 5.74) is 5.34. The highest BCUT2D eigenvalue weighted by atomic mass is 32.2. The number of hydrogen-bond donors (Lipinski definition) is 0. The summed E-state index contributed by atoms with van der Waals surface area (Å²) in [5.74, 6) is 0. The van der Waals surface area contributed by atoms with Gasteiger partial charge in [0.1, 0.15) is 5.60 Å². The average molecular weight is 588 g/mol. The molecule has 7 heteroatoms. The summed E-state index contributed by atoms with van der Waals surface area (Å²) in [6, 6.07) is 13.3. The van der Waals surface area contributed by atoms with E-state index in [1.165, 1.54) is 56.1 Å². The van der Waals surface area contributed by atoms with E-state index in [2.05, 4.69) is 57.2 Å². The Hall–Kier alpha value is -2.51. The number of unbranched alkanes of at least 4 members (excludes halogenated alkanes) is 4. The molecule has 3 aromatic rings. The molecule has 0 spiro atoms. The van der Waals surface area contributed by atoms with E-state index in [-0.39, 0.29) is 6.09 Å². The first-order valence-corrected chi connectivity index (χ1v) is 17.2. The van der Waals surface area contributed by atoms with Gasteiger partial charge in [-0.05, 0) is 93.7 Å². The van der Waals surface area contributed by atoms with Gasteiger partial charge in [-0.3, -0.25) is 0 Å². The molecule has 1 saturated carbocycles. The van der Waals surface area contributed by atoms with Gasteiger partial charge in [-0.1, -0.05) is 81.6 Å². The summed E-state index contributed by atoms with van der Waals surface area (Å²) < 4.78 is 7.97. The quantitative estimate of drug-likeness (QED) is 0.161. The normalized spacial score (nSPS) is 16.5. The van der Waals surface area contributed by atoms with Gasteiger partial charge in [0.2, 0.25) is 0 Å². The molecule has 1 fully saturated rings. The van der Waals surface area contributed by atoms with E-state index < -0.39 is 5.60 Å². The molecule has 0 radical (unpaired) electrons. The minimum atomic E-state index is -0.447. The first-order valence-electron chi connectivity index (χ1n) is 15.5. The molecule has 0 amide bonds. The van der Waals surface area contributed by atoms with Crippen molar-refractivity contribution in [3.63, 3.8) is 0 Å². The Balaban J connectivity index is 1.44. The highest BCUT2D eigenvalue weighted by molar-refractivity contribution is 8.02. The molecule has 2 aromatic carbocycles. The third kappa shape index (κ3) is 6.03. The number of ether oxygens (including phenoxy) is 1. The Labute approximate surface area is 252 Å². The molecule has 1 aromatic heterocycles. The van der Waals surface area contributed by atoms with Crippen LogP contribution in [0.2, 0.25) is 0 Å². The van der Waals surface area contributed by atoms with Crippen molar-refractivity contribution in [2.45, 2.75) is 129 Å². The fourth-order valence-corrected chi connectivity index (χ4v) is 8.32. The molecule has 0 atom stereocenters. The molecule has 2 aliphatic heterocycles. The van der Waals surface area contributed by atoms with Gasteiger partial charge in [0.05, 0.1) is 21.2 Å². The highest BCUT2D eigenvalue weighted by Gasteiger charge is 2.35. The second-order valence-electron chi connectivity index (χ2n) is 12.0. The molecule has 0 N–H and O–H groups in total. The Morgan fingerprint density at radius 2 is 1.32 bits per heavy atom. The zero-order valence-electron chi connectivity index (χ0n) is 24.6. The molecular weight excluding hydrogens is 547 g/mol. The highest BCUT2D eigenvalue weighted by Crippen LogP contribution is 2.45. The van der Waals surface area contributed by atoms with E-state index in [0.29, 0.717) is 11.0 Å². The van der Waals surface area contributed by atoms with Crippen molar-refractivity contribution in [3.05, 3.63) is 58.5 Å². The van der Waals surface area contributed by atoms with Gasteiger partial charge in [0, 0.05) is 9.79 Å². The molecule has 41 heavy (non-hydrogen) atoms. The third-order valence-corrected chi connectivity index (χ3v) is 11.0. The summed E-state index contributed by atoms with van der Waals surface area (Å²) in [7, 11) is 0. The van der Waals surface area contributed by atoms with Crippen LogP contribution in [0.5, 0.6) is 0 Å². The molecule has 0 bridgehead atoms. The summed E-state index contributed by atoms with van der Waals surface area (Å²) in [5, 5.41) is 0. The fraction of sp³-hybridized carbons (Fsp3) is 0.500. The van der Waals surface area contributed by atoms with Crippen molar-refractivity contribution in [3.8, 4) is 0 Å². The molecule has 3 heterocycles. The van der Waals surface area contributed by atoms with E-state index in [1.54, 1.807) is 28.1 Å². The molecule has 1 aliphatic carbocycles. The third-order valence-electron chi connectivity index (χ3n) is 8.52. The average Bonchev–Trinajstić information content (AvgIpc) is 3.27. The van der Waals surface area contributed by atoms with Gasteiger partial charge < -0.3 is 4.74 Å². The van der Waals surface area contributed by atoms with Gasteiger partial charge in [-0.2, -0.15) is 0 Å². The predicted octanol–water partition coefficient (Wildman–Crippen LogP) is 9.49. The number of rotatable bonds is 9. The number of aromatic nitrogens is 1. The predicted molar refractivity (Wildman–Crippen MR) is 167 cm³/mol. The zero-order valence-corrected chi connectivity index (χ0v) is 26.3. The molecule has 6 rings (SSSR count). The van der Waals surface area contributed by atoms with Crippen LogP contribution in [0.15, 0.2) is 66.0 Å². The van der Waals surface area contributed by atoms with E-state index in [9.17, 15) is 4.79 Å². The maximum Gasteiger partial charge on any atom is 0.422 e. The lowest BCUT2D eigenvalue weighted by Gasteiger charge is -2.33. The van der Waals surface area contributed by atoms with Crippen molar-refractivity contribution in [1.29, 1.82) is 0 Å². The van der Waals surface area contributed by atoms with Gasteiger partial charge in [-0.15, -0.1) is 0 Å². The van der Waals surface area contributed by atoms with Crippen LogP contribution < -0.4 is 11.0 Å². The molecular formula is C34H41N3O2S2. The number of carbonyl (C=O) groups is 1. The molecule has 216 valence electrons. The SMILES string of the molecule is CCCCCc1ccc2c(c1)N=c1c(c3c(n1C(=O)OC1(C)CCCCC1)=Nc1cc(CCCCC)ccc1S3)S2. The minimum absolute atomic E-state index is 0.356. The monoisotopic (exact) mass is 587 g/mol. The van der Waals surface area contributed by atoms with Crippen molar-refractivity contribution in [2.75, 3.05) is 0 Å². The number of nitrogens with zero attached hydrogens (tertiary/aromatic N) is 3. The summed E-state index contributed by atoms with van der Waals surface area (Å²) in [4.78, 5) is 28.6. The number of aryl methyl sites for hydroxylation is 2. The second-order valence-corrected chi connectivity index (χ2v) is 14.1. The lowest BCUT2D eigenvalue weighted by Crippen LogP contribution is -2.42. The smallest absolute Gasteiger partial charge is 0.422 e. The molecule has 0 unspecified atom stereocenters. The maximum atomic E-state index is 14.0. The standard InChI is InChI=1S/C34H41N3O2S2/c1-4-6-9-13-23-15-17-27-25(21-23)35-31-29(40-27)30-32(37(31)33(38)39-34(3)19-11-8-12-20-34)36-26-22-24(14-10-7-5-2)16-18-28(26)41-30/h15-18,21-22H,4-14,19-20H2,1-3H3. The van der Waals surface area contributed by atoms with Gasteiger partial charge in [0.25, 0.3) is 0 Å². The minimum Gasteiger partial charge on any atom is -0.443 e. The van der Waals surface area contributed by atoms with Gasteiger partial charge in [-0.25, -0.2) is 19.3 Å². The first kappa shape index (κ1) is 28.6. The Morgan fingerprint density at radius 3 is 1.80 bits per heavy atom. The van der Waals surface area contributed by atoms with E-state index in [4.69, 9.17) is 14.7 Å². The second kappa shape index (κ2) is 12.4. The molecule has 3 aliphatic rings. The van der Waals surface area contributed by atoms with Crippen LogP contribution in [0.4, 0.5) is 16.2 Å². The number of carbonyl (C=O) groups excluding carboxylic acids is 1. The molecule has 5 nitrogen and oxygen atoms in total. The number of benzene rings is 2. The molecule has 0 saturated heterocycles. The van der Waals surface area contributed by atoms with E-state index in [0.717, 1.165) is 69.5 Å². The van der Waals surface area contributed by atoms with Gasteiger partial charge in [0.15, 0.2) is 11.0 Å². The Bertz CT molecular complexity index is 1470. The summed E-state index contributed by atoms with van der Waals surface area (Å²) >= 11 is 3.41. The van der Waals surface area contributed by atoms with Crippen LogP contribution >= 0.6 is 23.5 Å². The fourth-order valence-electron chi connectivity index (χ4n) is 6.11. The Kier molecular flexibility index (Phi) is 8.64. The number of hydrogen-bond acceptors (Lipinski definition) is 6. The van der Waals surface area contributed by atoms with Crippen molar-refractivity contribution >= 4 is 41.0 Å². The lowest BCUT2D eigenvalue weighted by molar-refractivity contribution is -0.00227. The van der Waals surface area contributed by atoms with Crippen LogP contribution in [0, 0.1) is 0 Å². The van der Waals surface area contributed by atoms with Crippen molar-refractivity contribution in [2.24, 2.45) is 9.98 Å². The zero-order chi connectivity index (χ0) is 28.4. The summed E-state index contributed by atoms with van der Waals surface area (Å²) in [6.07, 6.45) is 14.2. The van der Waals surface area contributed by atoms with E-state index >= 15 is 0 Å². The van der Waals surface area contributed by atoms with Crippen LogP contribution in [0.3, 0.4) is 0 Å². The van der Waals surface area contributed by atoms with Crippen LogP contribution in [-0.4, -0.2) is 16.3 Å². The first-order chi connectivity index (χ1) is 20.0. The van der Waals surface area contributed by atoms with Crippen LogP contribution in [0.1, 0.15) is 103 Å². The van der Waals surface area contributed by atoms with Crippen LogP contribution in [0.25, 0.3) is 0 Å². The topological polar surface area (TPSA) is 56.0 Å². The van der Waals surface area contributed by atoms with Crippen LogP contribution in [-0.2, 0) is 17.6 Å². The lowest BCUT2D eigenvalue weighted by atomic mass is 9.86. The maximum absolute atomic E-state index is 14.0. The van der Waals surface area contributed by atoms with E-state index in [1.807, 2.05) is 0 Å². The summed E-state index contributed by atoms with van der Waals surface area (Å²) in [6.45, 7) is 6.55.